The molecule has 1 unspecified atom stereocenters. The zero-order valence-electron chi connectivity index (χ0n) is 12.6. The number of halogens is 2. The number of benzene rings is 1. The van der Waals surface area contributed by atoms with Gasteiger partial charge in [-0.05, 0) is 31.0 Å². The summed E-state index contributed by atoms with van der Waals surface area (Å²) in [5, 5.41) is 1.02. The topological polar surface area (TPSA) is 28.3 Å². The number of hydrogen-bond donors (Lipinski definition) is 1. The highest BCUT2D eigenvalue weighted by molar-refractivity contribution is 7.10. The van der Waals surface area contributed by atoms with Crippen molar-refractivity contribution in [2.24, 2.45) is 0 Å². The first-order valence-corrected chi connectivity index (χ1v) is 7.62. The molecular formula is C16H21F2N2OP. The average molecular weight is 326 g/mol. The standard InChI is InChI=1S/C16H21F2N2OP/c1-3-8-20(10-15(17)18)9-7-12-11(2)19-13-5-4-6-14(21-22)16(12)13/h3-6,15,19H,1,7-10,22H2,2H3. The fourth-order valence-electron chi connectivity index (χ4n) is 2.73. The van der Waals surface area contributed by atoms with Gasteiger partial charge >= 0.3 is 0 Å². The zero-order valence-corrected chi connectivity index (χ0v) is 13.8. The molecule has 0 radical (unpaired) electrons. The lowest BCUT2D eigenvalue weighted by atomic mass is 10.1. The van der Waals surface area contributed by atoms with Crippen molar-refractivity contribution in [1.29, 1.82) is 0 Å². The van der Waals surface area contributed by atoms with Crippen molar-refractivity contribution in [3.63, 3.8) is 0 Å². The Hall–Kier alpha value is -1.45. The van der Waals surface area contributed by atoms with Crippen LogP contribution in [0.2, 0.25) is 0 Å². The Labute approximate surface area is 131 Å². The van der Waals surface area contributed by atoms with Crippen molar-refractivity contribution >= 4 is 20.4 Å². The van der Waals surface area contributed by atoms with Gasteiger partial charge in [0.2, 0.25) is 0 Å². The van der Waals surface area contributed by atoms with Crippen LogP contribution in [0.15, 0.2) is 30.9 Å². The third-order valence-corrected chi connectivity index (χ3v) is 3.95. The van der Waals surface area contributed by atoms with E-state index in [1.54, 1.807) is 11.0 Å². The maximum Gasteiger partial charge on any atom is 0.251 e. The minimum absolute atomic E-state index is 0.236. The monoisotopic (exact) mass is 326 g/mol. The predicted octanol–water partition coefficient (Wildman–Crippen LogP) is 3.94. The van der Waals surface area contributed by atoms with Crippen LogP contribution in [0.3, 0.4) is 0 Å². The van der Waals surface area contributed by atoms with Gasteiger partial charge in [-0.15, -0.1) is 6.58 Å². The molecule has 0 aliphatic heterocycles. The van der Waals surface area contributed by atoms with Gasteiger partial charge in [0.1, 0.15) is 5.75 Å². The van der Waals surface area contributed by atoms with E-state index in [0.29, 0.717) is 19.5 Å². The molecular weight excluding hydrogens is 305 g/mol. The van der Waals surface area contributed by atoms with Crippen LogP contribution in [0.25, 0.3) is 10.9 Å². The maximum absolute atomic E-state index is 12.6. The normalized spacial score (nSPS) is 11.5. The molecule has 1 aromatic carbocycles. The number of H-pyrrole nitrogens is 1. The lowest BCUT2D eigenvalue weighted by molar-refractivity contribution is 0.0943. The Bertz CT molecular complexity index is 642. The number of hydrogen-bond acceptors (Lipinski definition) is 2. The molecule has 1 heterocycles. The SMILES string of the molecule is C=CCN(CCc1c(C)[nH]c2cccc(OP)c12)CC(F)F. The van der Waals surface area contributed by atoms with Gasteiger partial charge in [-0.25, -0.2) is 8.78 Å². The van der Waals surface area contributed by atoms with E-state index in [1.807, 2.05) is 25.1 Å². The van der Waals surface area contributed by atoms with Gasteiger partial charge in [0.25, 0.3) is 6.43 Å². The van der Waals surface area contributed by atoms with Crippen LogP contribution in [-0.4, -0.2) is 35.9 Å². The summed E-state index contributed by atoms with van der Waals surface area (Å²) in [5.41, 5.74) is 3.15. The molecule has 0 saturated carbocycles. The van der Waals surface area contributed by atoms with Crippen molar-refractivity contribution in [2.45, 2.75) is 19.8 Å². The smallest absolute Gasteiger partial charge is 0.251 e. The molecule has 0 aliphatic rings. The van der Waals surface area contributed by atoms with E-state index >= 15 is 0 Å². The van der Waals surface area contributed by atoms with E-state index in [0.717, 1.165) is 27.9 Å². The van der Waals surface area contributed by atoms with Crippen molar-refractivity contribution in [3.05, 3.63) is 42.1 Å². The average Bonchev–Trinajstić information content (AvgIpc) is 2.80. The first-order chi connectivity index (χ1) is 10.6. The number of aromatic nitrogens is 1. The molecule has 3 nitrogen and oxygen atoms in total. The number of aryl methyl sites for hydroxylation is 1. The van der Waals surface area contributed by atoms with E-state index in [2.05, 4.69) is 21.0 Å². The molecule has 6 heteroatoms. The molecule has 1 aromatic heterocycles. The zero-order chi connectivity index (χ0) is 16.1. The van der Waals surface area contributed by atoms with Gasteiger partial charge < -0.3 is 9.51 Å². The molecule has 120 valence electrons. The van der Waals surface area contributed by atoms with E-state index in [9.17, 15) is 8.78 Å². The number of alkyl halides is 2. The summed E-state index contributed by atoms with van der Waals surface area (Å²) >= 11 is 0. The van der Waals surface area contributed by atoms with Gasteiger partial charge in [-0.2, -0.15) is 0 Å². The van der Waals surface area contributed by atoms with Crippen LogP contribution in [0, 0.1) is 6.92 Å². The highest BCUT2D eigenvalue weighted by Gasteiger charge is 2.15. The first kappa shape index (κ1) is 16.9. The van der Waals surface area contributed by atoms with E-state index in [-0.39, 0.29) is 6.54 Å². The largest absolute Gasteiger partial charge is 0.480 e. The van der Waals surface area contributed by atoms with Crippen LogP contribution in [0.5, 0.6) is 5.75 Å². The number of rotatable bonds is 8. The molecule has 0 saturated heterocycles. The van der Waals surface area contributed by atoms with E-state index in [1.165, 1.54) is 0 Å². The minimum atomic E-state index is -2.34. The Morgan fingerprint density at radius 1 is 1.45 bits per heavy atom. The Balaban J connectivity index is 2.23. The van der Waals surface area contributed by atoms with Gasteiger partial charge in [0.15, 0.2) is 0 Å². The summed E-state index contributed by atoms with van der Waals surface area (Å²) in [4.78, 5) is 5.03. The lowest BCUT2D eigenvalue weighted by Crippen LogP contribution is -2.31. The summed E-state index contributed by atoms with van der Waals surface area (Å²) in [6.07, 6.45) is -0.00555. The number of nitrogens with one attached hydrogen (secondary N) is 1. The third kappa shape index (κ3) is 3.84. The molecule has 1 atom stereocenters. The third-order valence-electron chi connectivity index (χ3n) is 3.69. The van der Waals surface area contributed by atoms with Crippen molar-refractivity contribution in [3.8, 4) is 5.75 Å². The Kier molecular flexibility index (Phi) is 5.92. The van der Waals surface area contributed by atoms with Crippen LogP contribution in [0.4, 0.5) is 8.78 Å². The molecule has 0 spiro atoms. The van der Waals surface area contributed by atoms with Crippen LogP contribution in [0.1, 0.15) is 11.3 Å². The summed E-state index contributed by atoms with van der Waals surface area (Å²) in [6, 6.07) is 5.80. The molecule has 0 fully saturated rings. The second-order valence-electron chi connectivity index (χ2n) is 5.21. The Morgan fingerprint density at radius 3 is 2.86 bits per heavy atom. The maximum atomic E-state index is 12.6. The molecule has 2 aromatic rings. The second kappa shape index (κ2) is 7.70. The van der Waals surface area contributed by atoms with Crippen LogP contribution in [-0.2, 0) is 6.42 Å². The predicted molar refractivity (Wildman–Crippen MR) is 89.7 cm³/mol. The van der Waals surface area contributed by atoms with E-state index < -0.39 is 6.43 Å². The molecule has 0 aliphatic carbocycles. The summed E-state index contributed by atoms with van der Waals surface area (Å²) < 4.78 is 30.6. The molecule has 22 heavy (non-hydrogen) atoms. The highest BCUT2D eigenvalue weighted by Crippen LogP contribution is 2.32. The minimum Gasteiger partial charge on any atom is -0.480 e. The molecule has 2 rings (SSSR count). The van der Waals surface area contributed by atoms with Gasteiger partial charge in [-0.1, -0.05) is 12.1 Å². The second-order valence-corrected chi connectivity index (χ2v) is 5.45. The first-order valence-electron chi connectivity index (χ1n) is 7.15. The van der Waals surface area contributed by atoms with Crippen LogP contribution < -0.4 is 4.52 Å². The molecule has 0 bridgehead atoms. The fraction of sp³-hybridized carbons (Fsp3) is 0.375. The highest BCUT2D eigenvalue weighted by atomic mass is 31.0. The fourth-order valence-corrected chi connectivity index (χ4v) is 2.92. The molecule has 0 amide bonds. The summed E-state index contributed by atoms with van der Waals surface area (Å²) in [7, 11) is 2.25. The number of nitrogens with zero attached hydrogens (tertiary/aromatic N) is 1. The van der Waals surface area contributed by atoms with Crippen molar-refractivity contribution in [2.75, 3.05) is 19.6 Å². The van der Waals surface area contributed by atoms with Gasteiger partial charge in [0, 0.05) is 29.7 Å². The van der Waals surface area contributed by atoms with Crippen LogP contribution >= 0.6 is 9.47 Å². The number of fused-ring (bicyclic) bond motifs is 1. The van der Waals surface area contributed by atoms with Crippen molar-refractivity contribution in [1.82, 2.24) is 9.88 Å². The van der Waals surface area contributed by atoms with Gasteiger partial charge in [-0.3, -0.25) is 4.90 Å². The van der Waals surface area contributed by atoms with Gasteiger partial charge in [0.05, 0.1) is 16.0 Å². The van der Waals surface area contributed by atoms with Crippen molar-refractivity contribution < 1.29 is 13.3 Å². The quantitative estimate of drug-likeness (QED) is 0.588. The summed E-state index contributed by atoms with van der Waals surface area (Å²) in [5.74, 6) is 0.769. The Morgan fingerprint density at radius 2 is 2.23 bits per heavy atom. The van der Waals surface area contributed by atoms with E-state index in [4.69, 9.17) is 4.52 Å². The number of aromatic amines is 1. The summed E-state index contributed by atoms with van der Waals surface area (Å²) in [6.45, 7) is 6.40. The molecule has 1 N–H and O–H groups in total. The lowest BCUT2D eigenvalue weighted by Gasteiger charge is -2.20.